The molecule has 17 heavy (non-hydrogen) atoms. The van der Waals surface area contributed by atoms with Gasteiger partial charge in [-0.15, -0.1) is 11.3 Å². The van der Waals surface area contributed by atoms with E-state index in [0.29, 0.717) is 6.54 Å². The van der Waals surface area contributed by atoms with Crippen LogP contribution in [0.3, 0.4) is 0 Å². The average Bonchev–Trinajstić information content (AvgIpc) is 2.71. The molecule has 0 saturated carbocycles. The Hall–Kier alpha value is -1.39. The molecule has 90 valence electrons. The van der Waals surface area contributed by atoms with Gasteiger partial charge in [0.2, 0.25) is 0 Å². The molecule has 0 fully saturated rings. The fourth-order valence-electron chi connectivity index (χ4n) is 1.72. The molecular formula is C13H16N2OS. The van der Waals surface area contributed by atoms with Crippen LogP contribution < -0.4 is 10.5 Å². The van der Waals surface area contributed by atoms with E-state index in [1.54, 1.807) is 18.4 Å². The van der Waals surface area contributed by atoms with Gasteiger partial charge in [0.05, 0.1) is 17.8 Å². The third-order valence-electron chi connectivity index (χ3n) is 2.54. The van der Waals surface area contributed by atoms with E-state index in [2.05, 4.69) is 18.0 Å². The minimum absolute atomic E-state index is 0.643. The van der Waals surface area contributed by atoms with E-state index < -0.39 is 0 Å². The molecule has 0 unspecified atom stereocenters. The predicted octanol–water partition coefficient (Wildman–Crippen LogP) is 2.63. The van der Waals surface area contributed by atoms with Gasteiger partial charge in [0.15, 0.2) is 0 Å². The SMILES string of the molecule is COc1cccc(-c2nc(CCN)sc2C)c1. The smallest absolute Gasteiger partial charge is 0.119 e. The van der Waals surface area contributed by atoms with E-state index in [0.717, 1.165) is 28.4 Å². The largest absolute Gasteiger partial charge is 0.497 e. The van der Waals surface area contributed by atoms with E-state index in [9.17, 15) is 0 Å². The zero-order valence-corrected chi connectivity index (χ0v) is 10.9. The summed E-state index contributed by atoms with van der Waals surface area (Å²) in [5.41, 5.74) is 7.69. The lowest BCUT2D eigenvalue weighted by atomic mass is 10.1. The Kier molecular flexibility index (Phi) is 3.76. The molecule has 0 spiro atoms. The number of aryl methyl sites for hydroxylation is 1. The Morgan fingerprint density at radius 1 is 1.41 bits per heavy atom. The number of hydrogen-bond acceptors (Lipinski definition) is 4. The second-order valence-electron chi connectivity index (χ2n) is 3.78. The first kappa shape index (κ1) is 12.1. The molecule has 3 nitrogen and oxygen atoms in total. The standard InChI is InChI=1S/C13H16N2OS/c1-9-13(15-12(17-9)6-7-14)10-4-3-5-11(8-10)16-2/h3-5,8H,6-7,14H2,1-2H3. The molecule has 4 heteroatoms. The molecule has 2 N–H and O–H groups in total. The van der Waals surface area contributed by atoms with E-state index in [1.807, 2.05) is 18.2 Å². The van der Waals surface area contributed by atoms with Gasteiger partial charge in [0.25, 0.3) is 0 Å². The molecular weight excluding hydrogens is 232 g/mol. The van der Waals surface area contributed by atoms with Crippen LogP contribution in [0.1, 0.15) is 9.88 Å². The Morgan fingerprint density at radius 3 is 2.94 bits per heavy atom. The minimum Gasteiger partial charge on any atom is -0.497 e. The maximum absolute atomic E-state index is 5.55. The highest BCUT2D eigenvalue weighted by Gasteiger charge is 2.09. The summed E-state index contributed by atoms with van der Waals surface area (Å²) in [6.07, 6.45) is 0.843. The van der Waals surface area contributed by atoms with Gasteiger partial charge >= 0.3 is 0 Å². The van der Waals surface area contributed by atoms with Crippen LogP contribution in [0.25, 0.3) is 11.3 Å². The van der Waals surface area contributed by atoms with Crippen LogP contribution >= 0.6 is 11.3 Å². The number of hydrogen-bond donors (Lipinski definition) is 1. The first-order chi connectivity index (χ1) is 8.24. The van der Waals surface area contributed by atoms with Crippen molar-refractivity contribution < 1.29 is 4.74 Å². The molecule has 0 bridgehead atoms. The van der Waals surface area contributed by atoms with Gasteiger partial charge in [-0.25, -0.2) is 4.98 Å². The number of ether oxygens (including phenoxy) is 1. The van der Waals surface area contributed by atoms with Crippen molar-refractivity contribution >= 4 is 11.3 Å². The summed E-state index contributed by atoms with van der Waals surface area (Å²) >= 11 is 1.72. The summed E-state index contributed by atoms with van der Waals surface area (Å²) in [5, 5.41) is 1.10. The summed E-state index contributed by atoms with van der Waals surface area (Å²) in [6, 6.07) is 7.98. The van der Waals surface area contributed by atoms with Gasteiger partial charge in [0, 0.05) is 16.9 Å². The summed E-state index contributed by atoms with van der Waals surface area (Å²) in [4.78, 5) is 5.85. The molecule has 1 heterocycles. The van der Waals surface area contributed by atoms with Crippen molar-refractivity contribution in [2.75, 3.05) is 13.7 Å². The fraction of sp³-hybridized carbons (Fsp3) is 0.308. The molecule has 2 aromatic rings. The third kappa shape index (κ3) is 2.65. The maximum atomic E-state index is 5.55. The molecule has 0 aliphatic heterocycles. The molecule has 1 aromatic heterocycles. The van der Waals surface area contributed by atoms with Gasteiger partial charge in [-0.1, -0.05) is 12.1 Å². The van der Waals surface area contributed by atoms with Crippen LogP contribution in [0.2, 0.25) is 0 Å². The molecule has 2 rings (SSSR count). The molecule has 0 amide bonds. The number of thiazole rings is 1. The van der Waals surface area contributed by atoms with Gasteiger partial charge in [-0.3, -0.25) is 0 Å². The van der Waals surface area contributed by atoms with E-state index >= 15 is 0 Å². The molecule has 0 aliphatic carbocycles. The Labute approximate surface area is 105 Å². The topological polar surface area (TPSA) is 48.1 Å². The number of rotatable bonds is 4. The van der Waals surface area contributed by atoms with Crippen molar-refractivity contribution in [1.29, 1.82) is 0 Å². The lowest BCUT2D eigenvalue weighted by Gasteiger charge is -2.02. The van der Waals surface area contributed by atoms with Crippen LogP contribution in [0.5, 0.6) is 5.75 Å². The van der Waals surface area contributed by atoms with Crippen molar-refractivity contribution in [2.45, 2.75) is 13.3 Å². The van der Waals surface area contributed by atoms with E-state index in [1.165, 1.54) is 4.88 Å². The van der Waals surface area contributed by atoms with Crippen LogP contribution in [-0.4, -0.2) is 18.6 Å². The Balaban J connectivity index is 2.37. The number of nitrogens with zero attached hydrogens (tertiary/aromatic N) is 1. The molecule has 0 radical (unpaired) electrons. The highest BCUT2D eigenvalue weighted by atomic mass is 32.1. The molecule has 0 aliphatic rings. The molecule has 0 atom stereocenters. The van der Waals surface area contributed by atoms with Crippen molar-refractivity contribution in [3.05, 3.63) is 34.2 Å². The Morgan fingerprint density at radius 2 is 2.24 bits per heavy atom. The van der Waals surface area contributed by atoms with Crippen molar-refractivity contribution in [1.82, 2.24) is 4.98 Å². The zero-order valence-electron chi connectivity index (χ0n) is 10.1. The van der Waals surface area contributed by atoms with Gasteiger partial charge in [-0.2, -0.15) is 0 Å². The lowest BCUT2D eigenvalue weighted by Crippen LogP contribution is -2.01. The monoisotopic (exact) mass is 248 g/mol. The van der Waals surface area contributed by atoms with Crippen LogP contribution in [0.4, 0.5) is 0 Å². The first-order valence-corrected chi connectivity index (χ1v) is 6.37. The van der Waals surface area contributed by atoms with Crippen molar-refractivity contribution in [2.24, 2.45) is 5.73 Å². The van der Waals surface area contributed by atoms with Gasteiger partial charge in [-0.05, 0) is 25.6 Å². The normalized spacial score (nSPS) is 10.5. The summed E-state index contributed by atoms with van der Waals surface area (Å²) in [6.45, 7) is 2.73. The number of methoxy groups -OCH3 is 1. The number of benzene rings is 1. The first-order valence-electron chi connectivity index (χ1n) is 5.55. The number of nitrogens with two attached hydrogens (primary N) is 1. The lowest BCUT2D eigenvalue weighted by molar-refractivity contribution is 0.415. The van der Waals surface area contributed by atoms with Crippen molar-refractivity contribution in [3.63, 3.8) is 0 Å². The number of aromatic nitrogens is 1. The average molecular weight is 248 g/mol. The van der Waals surface area contributed by atoms with Gasteiger partial charge < -0.3 is 10.5 Å². The van der Waals surface area contributed by atoms with Crippen molar-refractivity contribution in [3.8, 4) is 17.0 Å². The second kappa shape index (κ2) is 5.29. The predicted molar refractivity (Wildman–Crippen MR) is 71.6 cm³/mol. The molecule has 1 aromatic carbocycles. The maximum Gasteiger partial charge on any atom is 0.119 e. The highest BCUT2D eigenvalue weighted by molar-refractivity contribution is 7.12. The third-order valence-corrected chi connectivity index (χ3v) is 3.57. The van der Waals surface area contributed by atoms with E-state index in [4.69, 9.17) is 10.5 Å². The van der Waals surface area contributed by atoms with Crippen LogP contribution in [0, 0.1) is 6.92 Å². The molecule has 0 saturated heterocycles. The quantitative estimate of drug-likeness (QED) is 0.904. The summed E-state index contributed by atoms with van der Waals surface area (Å²) < 4.78 is 5.23. The second-order valence-corrected chi connectivity index (χ2v) is 5.07. The van der Waals surface area contributed by atoms with E-state index in [-0.39, 0.29) is 0 Å². The Bertz CT molecular complexity index is 508. The van der Waals surface area contributed by atoms with Crippen LogP contribution in [0.15, 0.2) is 24.3 Å². The van der Waals surface area contributed by atoms with Gasteiger partial charge in [0.1, 0.15) is 5.75 Å². The fourth-order valence-corrected chi connectivity index (χ4v) is 2.69. The minimum atomic E-state index is 0.643. The summed E-state index contributed by atoms with van der Waals surface area (Å²) in [5.74, 6) is 0.857. The highest BCUT2D eigenvalue weighted by Crippen LogP contribution is 2.29. The summed E-state index contributed by atoms with van der Waals surface area (Å²) in [7, 11) is 1.67. The zero-order chi connectivity index (χ0) is 12.3. The van der Waals surface area contributed by atoms with Crippen LogP contribution in [-0.2, 0) is 6.42 Å².